The van der Waals surface area contributed by atoms with Crippen molar-refractivity contribution in [3.05, 3.63) is 29.8 Å². The molecule has 5 nitrogen and oxygen atoms in total. The van der Waals surface area contributed by atoms with E-state index in [0.29, 0.717) is 6.54 Å². The van der Waals surface area contributed by atoms with Crippen LogP contribution in [0, 0.1) is 5.92 Å². The normalized spacial score (nSPS) is 12.1. The molecule has 1 amide bonds. The van der Waals surface area contributed by atoms with Crippen molar-refractivity contribution in [2.24, 2.45) is 5.92 Å². The molecule has 0 bridgehead atoms. The van der Waals surface area contributed by atoms with Crippen LogP contribution in [0.5, 0.6) is 0 Å². The number of hydrogen-bond acceptors (Lipinski definition) is 4. The van der Waals surface area contributed by atoms with E-state index in [1.165, 1.54) is 14.0 Å². The van der Waals surface area contributed by atoms with Gasteiger partial charge in [0.2, 0.25) is 5.91 Å². The van der Waals surface area contributed by atoms with E-state index >= 15 is 0 Å². The summed E-state index contributed by atoms with van der Waals surface area (Å²) >= 11 is 0. The Morgan fingerprint density at radius 2 is 1.80 bits per heavy atom. The predicted octanol–water partition coefficient (Wildman–Crippen LogP) is 1.93. The highest BCUT2D eigenvalue weighted by molar-refractivity contribution is 5.88. The molecule has 0 radical (unpaired) electrons. The van der Waals surface area contributed by atoms with Crippen molar-refractivity contribution >= 4 is 17.6 Å². The predicted molar refractivity (Wildman–Crippen MR) is 78.2 cm³/mol. The average Bonchev–Trinajstić information content (AvgIpc) is 2.39. The Morgan fingerprint density at radius 3 is 2.25 bits per heavy atom. The second kappa shape index (κ2) is 7.65. The van der Waals surface area contributed by atoms with E-state index in [1.807, 2.05) is 38.1 Å². The number of anilines is 1. The van der Waals surface area contributed by atoms with E-state index in [1.54, 1.807) is 0 Å². The fourth-order valence-corrected chi connectivity index (χ4v) is 1.86. The zero-order valence-electron chi connectivity index (χ0n) is 12.4. The van der Waals surface area contributed by atoms with Crippen molar-refractivity contribution in [3.8, 4) is 0 Å². The van der Waals surface area contributed by atoms with Gasteiger partial charge in [-0.25, -0.2) is 0 Å². The molecule has 110 valence electrons. The van der Waals surface area contributed by atoms with Crippen LogP contribution < -0.4 is 10.6 Å². The number of amides is 1. The molecule has 5 heteroatoms. The number of benzene rings is 1. The fraction of sp³-hybridized carbons (Fsp3) is 0.467. The summed E-state index contributed by atoms with van der Waals surface area (Å²) in [5.41, 5.74) is 1.79. The van der Waals surface area contributed by atoms with E-state index < -0.39 is 0 Å². The lowest BCUT2D eigenvalue weighted by Crippen LogP contribution is -2.41. The third-order valence-corrected chi connectivity index (χ3v) is 2.92. The van der Waals surface area contributed by atoms with Crippen LogP contribution in [-0.2, 0) is 20.9 Å². The Kier molecular flexibility index (Phi) is 6.18. The third-order valence-electron chi connectivity index (χ3n) is 2.92. The quantitative estimate of drug-likeness (QED) is 0.780. The van der Waals surface area contributed by atoms with Crippen LogP contribution in [-0.4, -0.2) is 25.0 Å². The van der Waals surface area contributed by atoms with Gasteiger partial charge in [-0.05, 0) is 23.6 Å². The molecule has 0 unspecified atom stereocenters. The summed E-state index contributed by atoms with van der Waals surface area (Å²) in [6.07, 6.45) is 0. The largest absolute Gasteiger partial charge is 0.468 e. The molecule has 0 spiro atoms. The molecule has 1 atom stereocenters. The number of hydrogen-bond donors (Lipinski definition) is 2. The Morgan fingerprint density at radius 1 is 1.20 bits per heavy atom. The molecule has 0 fully saturated rings. The first-order chi connectivity index (χ1) is 9.43. The maximum absolute atomic E-state index is 11.6. The summed E-state index contributed by atoms with van der Waals surface area (Å²) < 4.78 is 4.78. The molecular weight excluding hydrogens is 256 g/mol. The van der Waals surface area contributed by atoms with Crippen LogP contribution in [0.25, 0.3) is 0 Å². The summed E-state index contributed by atoms with van der Waals surface area (Å²) in [4.78, 5) is 22.5. The SMILES string of the molecule is COC(=O)[C@@H](NCc1ccc(NC(C)=O)cc1)C(C)C. The summed E-state index contributed by atoms with van der Waals surface area (Å²) in [6.45, 7) is 5.97. The number of carbonyl (C=O) groups is 2. The minimum absolute atomic E-state index is 0.0959. The van der Waals surface area contributed by atoms with Gasteiger partial charge in [0, 0.05) is 19.2 Å². The smallest absolute Gasteiger partial charge is 0.323 e. The number of rotatable bonds is 6. The summed E-state index contributed by atoms with van der Waals surface area (Å²) in [7, 11) is 1.39. The molecule has 1 aromatic carbocycles. The molecule has 0 aliphatic heterocycles. The van der Waals surface area contributed by atoms with Gasteiger partial charge in [0.15, 0.2) is 0 Å². The highest BCUT2D eigenvalue weighted by Crippen LogP contribution is 2.11. The van der Waals surface area contributed by atoms with Gasteiger partial charge in [-0.3, -0.25) is 9.59 Å². The second-order valence-electron chi connectivity index (χ2n) is 5.00. The molecule has 1 aromatic rings. The van der Waals surface area contributed by atoms with E-state index in [9.17, 15) is 9.59 Å². The molecule has 0 heterocycles. The van der Waals surface area contributed by atoms with Gasteiger partial charge in [0.05, 0.1) is 7.11 Å². The Balaban J connectivity index is 2.60. The molecule has 0 aliphatic rings. The van der Waals surface area contributed by atoms with Crippen LogP contribution in [0.2, 0.25) is 0 Å². The van der Waals surface area contributed by atoms with E-state index in [4.69, 9.17) is 4.74 Å². The van der Waals surface area contributed by atoms with Crippen molar-refractivity contribution in [2.75, 3.05) is 12.4 Å². The first kappa shape index (κ1) is 16.2. The van der Waals surface area contributed by atoms with Crippen molar-refractivity contribution < 1.29 is 14.3 Å². The molecule has 0 saturated carbocycles. The lowest BCUT2D eigenvalue weighted by Gasteiger charge is -2.19. The molecule has 0 saturated heterocycles. The Bertz CT molecular complexity index is 455. The van der Waals surface area contributed by atoms with Gasteiger partial charge in [-0.15, -0.1) is 0 Å². The van der Waals surface area contributed by atoms with Crippen LogP contribution in [0.1, 0.15) is 26.3 Å². The van der Waals surface area contributed by atoms with Crippen LogP contribution in [0.3, 0.4) is 0 Å². The van der Waals surface area contributed by atoms with Crippen LogP contribution >= 0.6 is 0 Å². The fourth-order valence-electron chi connectivity index (χ4n) is 1.86. The van der Waals surface area contributed by atoms with Crippen molar-refractivity contribution in [2.45, 2.75) is 33.4 Å². The summed E-state index contributed by atoms with van der Waals surface area (Å²) in [5.74, 6) is -0.197. The molecule has 0 aliphatic carbocycles. The maximum Gasteiger partial charge on any atom is 0.323 e. The number of esters is 1. The van der Waals surface area contributed by atoms with Gasteiger partial charge < -0.3 is 15.4 Å². The van der Waals surface area contributed by atoms with Gasteiger partial charge in [-0.1, -0.05) is 26.0 Å². The lowest BCUT2D eigenvalue weighted by atomic mass is 10.0. The number of ether oxygens (including phenoxy) is 1. The standard InChI is InChI=1S/C15H22N2O3/c1-10(2)14(15(19)20-4)16-9-12-5-7-13(8-6-12)17-11(3)18/h5-8,10,14,16H,9H2,1-4H3,(H,17,18)/t14-/m0/s1. The average molecular weight is 278 g/mol. The van der Waals surface area contributed by atoms with Crippen molar-refractivity contribution in [1.82, 2.24) is 5.32 Å². The molecule has 2 N–H and O–H groups in total. The minimum Gasteiger partial charge on any atom is -0.468 e. The molecule has 1 rings (SSSR count). The third kappa shape index (κ3) is 5.01. The second-order valence-corrected chi connectivity index (χ2v) is 5.00. The van der Waals surface area contributed by atoms with Gasteiger partial charge in [-0.2, -0.15) is 0 Å². The zero-order valence-corrected chi connectivity index (χ0v) is 12.4. The topological polar surface area (TPSA) is 67.4 Å². The zero-order chi connectivity index (χ0) is 15.1. The van der Waals surface area contributed by atoms with Crippen molar-refractivity contribution in [1.29, 1.82) is 0 Å². The molecule has 0 aromatic heterocycles. The summed E-state index contributed by atoms with van der Waals surface area (Å²) in [5, 5.41) is 5.89. The Labute approximate surface area is 119 Å². The first-order valence-electron chi connectivity index (χ1n) is 6.61. The highest BCUT2D eigenvalue weighted by atomic mass is 16.5. The maximum atomic E-state index is 11.6. The van der Waals surface area contributed by atoms with E-state index in [2.05, 4.69) is 10.6 Å². The summed E-state index contributed by atoms with van der Waals surface area (Å²) in [6, 6.07) is 7.16. The van der Waals surface area contributed by atoms with E-state index in [-0.39, 0.29) is 23.8 Å². The monoisotopic (exact) mass is 278 g/mol. The number of nitrogens with one attached hydrogen (secondary N) is 2. The minimum atomic E-state index is -0.324. The lowest BCUT2D eigenvalue weighted by molar-refractivity contribution is -0.144. The number of carbonyl (C=O) groups excluding carboxylic acids is 2. The molecular formula is C15H22N2O3. The van der Waals surface area contributed by atoms with E-state index in [0.717, 1.165) is 11.3 Å². The van der Waals surface area contributed by atoms with Gasteiger partial charge >= 0.3 is 5.97 Å². The van der Waals surface area contributed by atoms with Crippen molar-refractivity contribution in [3.63, 3.8) is 0 Å². The first-order valence-corrected chi connectivity index (χ1v) is 6.61. The van der Waals surface area contributed by atoms with Gasteiger partial charge in [0.25, 0.3) is 0 Å². The van der Waals surface area contributed by atoms with Crippen LogP contribution in [0.4, 0.5) is 5.69 Å². The Hall–Kier alpha value is -1.88. The number of methoxy groups -OCH3 is 1. The van der Waals surface area contributed by atoms with Gasteiger partial charge in [0.1, 0.15) is 6.04 Å². The van der Waals surface area contributed by atoms with Crippen LogP contribution in [0.15, 0.2) is 24.3 Å². The highest BCUT2D eigenvalue weighted by Gasteiger charge is 2.21. The molecule has 20 heavy (non-hydrogen) atoms.